The summed E-state index contributed by atoms with van der Waals surface area (Å²) in [4.78, 5) is 31.9. The maximum absolute atomic E-state index is 11.6. The second kappa shape index (κ2) is 6.74. The third kappa shape index (κ3) is 3.56. The number of hydrogen-bond donors (Lipinski definition) is 2. The number of methoxy groups -OCH3 is 1. The molecule has 24 heavy (non-hydrogen) atoms. The highest BCUT2D eigenvalue weighted by molar-refractivity contribution is 5.89. The van der Waals surface area contributed by atoms with Gasteiger partial charge in [-0.15, -0.1) is 0 Å². The number of aromatic amines is 1. The van der Waals surface area contributed by atoms with E-state index in [0.29, 0.717) is 17.3 Å². The lowest BCUT2D eigenvalue weighted by Gasteiger charge is -2.17. The Morgan fingerprint density at radius 1 is 1.46 bits per heavy atom. The quantitative estimate of drug-likeness (QED) is 0.818. The highest BCUT2D eigenvalue weighted by Crippen LogP contribution is 2.25. The lowest BCUT2D eigenvalue weighted by Crippen LogP contribution is -2.24. The molecule has 1 saturated heterocycles. The average molecular weight is 328 g/mol. The summed E-state index contributed by atoms with van der Waals surface area (Å²) < 4.78 is 4.76. The molecule has 3 rings (SSSR count). The highest BCUT2D eigenvalue weighted by Gasteiger charge is 2.24. The molecular formula is C17H20N4O3. The molecule has 2 heterocycles. The first-order chi connectivity index (χ1) is 11.5. The van der Waals surface area contributed by atoms with E-state index in [1.165, 1.54) is 13.2 Å². The van der Waals surface area contributed by atoms with Crippen LogP contribution in [0.3, 0.4) is 0 Å². The molecular weight excluding hydrogens is 308 g/mol. The minimum absolute atomic E-state index is 0.131. The van der Waals surface area contributed by atoms with Crippen molar-refractivity contribution in [3.63, 3.8) is 0 Å². The van der Waals surface area contributed by atoms with E-state index in [1.807, 2.05) is 18.2 Å². The fourth-order valence-electron chi connectivity index (χ4n) is 3.11. The number of rotatable bonds is 4. The number of anilines is 2. The van der Waals surface area contributed by atoms with Gasteiger partial charge in [-0.3, -0.25) is 9.78 Å². The van der Waals surface area contributed by atoms with E-state index in [1.54, 1.807) is 6.07 Å². The van der Waals surface area contributed by atoms with Crippen LogP contribution >= 0.6 is 0 Å². The molecule has 1 aromatic heterocycles. The number of ether oxygens (including phenoxy) is 1. The molecule has 3 N–H and O–H groups in total. The first-order valence-electron chi connectivity index (χ1n) is 7.84. The van der Waals surface area contributed by atoms with Crippen molar-refractivity contribution in [3.8, 4) is 0 Å². The molecule has 7 nitrogen and oxygen atoms in total. The predicted molar refractivity (Wildman–Crippen MR) is 91.1 cm³/mol. The maximum Gasteiger partial charge on any atom is 0.337 e. The van der Waals surface area contributed by atoms with Gasteiger partial charge in [0.15, 0.2) is 0 Å². The number of carbonyl (C=O) groups excluding carboxylic acids is 1. The summed E-state index contributed by atoms with van der Waals surface area (Å²) in [6.07, 6.45) is 1.86. The second-order valence-corrected chi connectivity index (χ2v) is 5.99. The van der Waals surface area contributed by atoms with Crippen molar-refractivity contribution in [3.05, 3.63) is 51.8 Å². The van der Waals surface area contributed by atoms with Crippen molar-refractivity contribution in [1.29, 1.82) is 0 Å². The van der Waals surface area contributed by atoms with E-state index in [0.717, 1.165) is 31.5 Å². The van der Waals surface area contributed by atoms with Crippen molar-refractivity contribution >= 4 is 17.7 Å². The zero-order valence-corrected chi connectivity index (χ0v) is 13.5. The summed E-state index contributed by atoms with van der Waals surface area (Å²) in [5.41, 5.74) is 7.03. The van der Waals surface area contributed by atoms with Gasteiger partial charge in [-0.1, -0.05) is 12.1 Å². The zero-order chi connectivity index (χ0) is 17.1. The lowest BCUT2D eigenvalue weighted by molar-refractivity contribution is 0.0600. The van der Waals surface area contributed by atoms with Gasteiger partial charge in [0.1, 0.15) is 5.82 Å². The van der Waals surface area contributed by atoms with Gasteiger partial charge in [-0.05, 0) is 36.5 Å². The van der Waals surface area contributed by atoms with Gasteiger partial charge in [0, 0.05) is 19.2 Å². The number of aromatic nitrogens is 2. The van der Waals surface area contributed by atoms with Gasteiger partial charge >= 0.3 is 5.97 Å². The molecule has 126 valence electrons. The van der Waals surface area contributed by atoms with Crippen molar-refractivity contribution < 1.29 is 9.53 Å². The number of nitrogens with two attached hydrogens (primary N) is 1. The van der Waals surface area contributed by atoms with Crippen LogP contribution in [0, 0.1) is 5.92 Å². The number of H-pyrrole nitrogens is 1. The number of carbonyl (C=O) groups is 1. The summed E-state index contributed by atoms with van der Waals surface area (Å²) >= 11 is 0. The van der Waals surface area contributed by atoms with Gasteiger partial charge in [-0.2, -0.15) is 4.98 Å². The number of esters is 1. The van der Waals surface area contributed by atoms with Gasteiger partial charge in [-0.25, -0.2) is 4.79 Å². The van der Waals surface area contributed by atoms with Crippen LogP contribution in [0.5, 0.6) is 0 Å². The molecule has 1 aliphatic rings. The maximum atomic E-state index is 11.6. The van der Waals surface area contributed by atoms with Crippen LogP contribution in [0.25, 0.3) is 0 Å². The largest absolute Gasteiger partial charge is 0.465 e. The van der Waals surface area contributed by atoms with Gasteiger partial charge in [0.05, 0.1) is 12.7 Å². The van der Waals surface area contributed by atoms with Crippen molar-refractivity contribution in [2.75, 3.05) is 30.8 Å². The van der Waals surface area contributed by atoms with Crippen LogP contribution in [0.2, 0.25) is 0 Å². The Bertz CT molecular complexity index is 802. The van der Waals surface area contributed by atoms with Gasteiger partial charge in [0.25, 0.3) is 5.56 Å². The Balaban J connectivity index is 1.68. The van der Waals surface area contributed by atoms with Crippen molar-refractivity contribution in [1.82, 2.24) is 9.97 Å². The average Bonchev–Trinajstić information content (AvgIpc) is 3.02. The SMILES string of the molecule is COC(=O)c1cccc(CC2CCN(c3cc(=O)[nH]c(N)n3)C2)c1. The second-order valence-electron chi connectivity index (χ2n) is 5.99. The highest BCUT2D eigenvalue weighted by atomic mass is 16.5. The Morgan fingerprint density at radius 3 is 3.04 bits per heavy atom. The van der Waals surface area contributed by atoms with Gasteiger partial charge in [0.2, 0.25) is 5.95 Å². The normalized spacial score (nSPS) is 17.0. The summed E-state index contributed by atoms with van der Waals surface area (Å²) in [6, 6.07) is 8.97. The molecule has 1 atom stereocenters. The fourth-order valence-corrected chi connectivity index (χ4v) is 3.11. The summed E-state index contributed by atoms with van der Waals surface area (Å²) in [5, 5.41) is 0. The van der Waals surface area contributed by atoms with E-state index in [9.17, 15) is 9.59 Å². The van der Waals surface area contributed by atoms with Crippen LogP contribution < -0.4 is 16.2 Å². The van der Waals surface area contributed by atoms with Crippen LogP contribution in [0.4, 0.5) is 11.8 Å². The van der Waals surface area contributed by atoms with E-state index in [-0.39, 0.29) is 17.5 Å². The molecule has 0 radical (unpaired) electrons. The zero-order valence-electron chi connectivity index (χ0n) is 13.5. The van der Waals surface area contributed by atoms with Gasteiger partial charge < -0.3 is 15.4 Å². The van der Waals surface area contributed by atoms with Crippen LogP contribution in [-0.2, 0) is 11.2 Å². The third-order valence-electron chi connectivity index (χ3n) is 4.23. The molecule has 1 unspecified atom stereocenters. The Kier molecular flexibility index (Phi) is 4.50. The first-order valence-corrected chi connectivity index (χ1v) is 7.84. The monoisotopic (exact) mass is 328 g/mol. The number of nitrogens with zero attached hydrogens (tertiary/aromatic N) is 2. The van der Waals surface area contributed by atoms with E-state index >= 15 is 0 Å². The third-order valence-corrected chi connectivity index (χ3v) is 4.23. The molecule has 0 bridgehead atoms. The van der Waals surface area contributed by atoms with Crippen LogP contribution in [-0.4, -0.2) is 36.1 Å². The number of nitrogen functional groups attached to an aromatic ring is 1. The van der Waals surface area contributed by atoms with E-state index < -0.39 is 0 Å². The number of hydrogen-bond acceptors (Lipinski definition) is 6. The molecule has 0 spiro atoms. The molecule has 0 aliphatic carbocycles. The summed E-state index contributed by atoms with van der Waals surface area (Å²) in [6.45, 7) is 1.63. The van der Waals surface area contributed by atoms with Crippen LogP contribution in [0.1, 0.15) is 22.3 Å². The standard InChI is InChI=1S/C17H20N4O3/c1-24-16(23)13-4-2-3-11(8-13)7-12-5-6-21(10-12)14-9-15(22)20-17(18)19-14/h2-4,8-9,12H,5-7,10H2,1H3,(H3,18,19,20,22). The molecule has 1 aliphatic heterocycles. The molecule has 0 saturated carbocycles. The van der Waals surface area contributed by atoms with E-state index in [4.69, 9.17) is 10.5 Å². The van der Waals surface area contributed by atoms with Crippen LogP contribution in [0.15, 0.2) is 35.1 Å². The first kappa shape index (κ1) is 16.0. The minimum atomic E-state index is -0.326. The van der Waals surface area contributed by atoms with E-state index in [2.05, 4.69) is 14.9 Å². The summed E-state index contributed by atoms with van der Waals surface area (Å²) in [5.74, 6) is 0.849. The molecule has 0 amide bonds. The Labute approximate surface area is 139 Å². The Hall–Kier alpha value is -2.83. The smallest absolute Gasteiger partial charge is 0.337 e. The fraction of sp³-hybridized carbons (Fsp3) is 0.353. The lowest BCUT2D eigenvalue weighted by atomic mass is 9.97. The molecule has 7 heteroatoms. The minimum Gasteiger partial charge on any atom is -0.465 e. The predicted octanol–water partition coefficient (Wildman–Crippen LogP) is 1.21. The number of benzene rings is 1. The molecule has 1 aromatic carbocycles. The number of nitrogens with one attached hydrogen (secondary N) is 1. The topological polar surface area (TPSA) is 101 Å². The molecule has 2 aromatic rings. The van der Waals surface area contributed by atoms with Crippen molar-refractivity contribution in [2.24, 2.45) is 5.92 Å². The Morgan fingerprint density at radius 2 is 2.29 bits per heavy atom. The summed E-state index contributed by atoms with van der Waals surface area (Å²) in [7, 11) is 1.38. The molecule has 1 fully saturated rings. The van der Waals surface area contributed by atoms with Crippen molar-refractivity contribution in [2.45, 2.75) is 12.8 Å².